The molecule has 0 aliphatic carbocycles. The van der Waals surface area contributed by atoms with E-state index in [9.17, 15) is 5.26 Å². The van der Waals surface area contributed by atoms with Crippen LogP contribution >= 0.6 is 0 Å². The Hall–Kier alpha value is -1.97. The molecule has 0 aromatic heterocycles. The molecule has 128 valence electrons. The van der Waals surface area contributed by atoms with Crippen LogP contribution in [0.3, 0.4) is 0 Å². The topological polar surface area (TPSA) is 69.9 Å². The van der Waals surface area contributed by atoms with Gasteiger partial charge >= 0.3 is 0 Å². The van der Waals surface area contributed by atoms with Gasteiger partial charge in [0.05, 0.1) is 27.4 Å². The minimum atomic E-state index is -0.561. The highest BCUT2D eigenvalue weighted by atomic mass is 16.7. The number of ether oxygens (including phenoxy) is 5. The molecular weight excluding hydrogens is 298 g/mol. The van der Waals surface area contributed by atoms with Gasteiger partial charge in [-0.1, -0.05) is 0 Å². The summed E-state index contributed by atoms with van der Waals surface area (Å²) >= 11 is 0. The fraction of sp³-hybridized carbons (Fsp3) is 0.588. The summed E-state index contributed by atoms with van der Waals surface area (Å²) in [5.74, 6) is 1.21. The summed E-state index contributed by atoms with van der Waals surface area (Å²) in [7, 11) is 4.68. The molecule has 0 fully saturated rings. The maximum Gasteiger partial charge on any atom is 0.203 e. The standard InChI is InChI=1S/C17H25NO5/c1-6-22-17(23-7-2)13(11-18)8-12-9-14(19-3)16(21-5)15(10-12)20-4/h9-10,13,17H,6-8H2,1-5H3. The average Bonchev–Trinajstić information content (AvgIpc) is 2.58. The summed E-state index contributed by atoms with van der Waals surface area (Å²) in [6.45, 7) is 4.72. The maximum absolute atomic E-state index is 9.47. The number of hydrogen-bond acceptors (Lipinski definition) is 6. The molecule has 0 radical (unpaired) electrons. The van der Waals surface area contributed by atoms with Gasteiger partial charge in [0.25, 0.3) is 0 Å². The third kappa shape index (κ3) is 5.02. The Kier molecular flexibility index (Phi) is 8.23. The molecule has 0 amide bonds. The minimum Gasteiger partial charge on any atom is -0.493 e. The van der Waals surface area contributed by atoms with Gasteiger partial charge in [0.2, 0.25) is 5.75 Å². The van der Waals surface area contributed by atoms with E-state index in [1.807, 2.05) is 26.0 Å². The van der Waals surface area contributed by atoms with Gasteiger partial charge in [0, 0.05) is 13.2 Å². The van der Waals surface area contributed by atoms with Crippen molar-refractivity contribution in [2.24, 2.45) is 5.92 Å². The number of benzene rings is 1. The molecule has 0 N–H and O–H groups in total. The van der Waals surface area contributed by atoms with Crippen LogP contribution in [0.2, 0.25) is 0 Å². The van der Waals surface area contributed by atoms with Gasteiger partial charge in [-0.15, -0.1) is 0 Å². The molecule has 1 aromatic carbocycles. The van der Waals surface area contributed by atoms with Gasteiger partial charge in [-0.3, -0.25) is 0 Å². The Labute approximate surface area is 137 Å². The van der Waals surface area contributed by atoms with Crippen molar-refractivity contribution in [3.05, 3.63) is 17.7 Å². The molecule has 0 spiro atoms. The second-order valence-corrected chi connectivity index (χ2v) is 4.75. The Morgan fingerprint density at radius 3 is 1.83 bits per heavy atom. The highest BCUT2D eigenvalue weighted by Crippen LogP contribution is 2.38. The number of nitriles is 1. The molecule has 6 nitrogen and oxygen atoms in total. The molecule has 0 heterocycles. The van der Waals surface area contributed by atoms with Gasteiger partial charge in [0.1, 0.15) is 5.92 Å². The Balaban J connectivity index is 3.07. The van der Waals surface area contributed by atoms with Crippen molar-refractivity contribution in [1.82, 2.24) is 0 Å². The van der Waals surface area contributed by atoms with Crippen LogP contribution in [0, 0.1) is 17.2 Å². The van der Waals surface area contributed by atoms with Crippen molar-refractivity contribution >= 4 is 0 Å². The predicted octanol–water partition coefficient (Wildman–Crippen LogP) is 2.79. The van der Waals surface area contributed by atoms with Crippen molar-refractivity contribution in [2.75, 3.05) is 34.5 Å². The van der Waals surface area contributed by atoms with Crippen molar-refractivity contribution in [3.8, 4) is 23.3 Å². The van der Waals surface area contributed by atoms with E-state index in [0.29, 0.717) is 36.9 Å². The highest BCUT2D eigenvalue weighted by Gasteiger charge is 2.24. The molecule has 0 saturated carbocycles. The lowest BCUT2D eigenvalue weighted by atomic mass is 9.99. The van der Waals surface area contributed by atoms with Crippen molar-refractivity contribution < 1.29 is 23.7 Å². The zero-order valence-corrected chi connectivity index (χ0v) is 14.4. The van der Waals surface area contributed by atoms with E-state index in [4.69, 9.17) is 23.7 Å². The first-order valence-corrected chi connectivity index (χ1v) is 7.56. The van der Waals surface area contributed by atoms with Crippen LogP contribution in [0.15, 0.2) is 12.1 Å². The summed E-state index contributed by atoms with van der Waals surface area (Å²) in [5, 5.41) is 9.47. The predicted molar refractivity (Wildman–Crippen MR) is 85.9 cm³/mol. The second-order valence-electron chi connectivity index (χ2n) is 4.75. The van der Waals surface area contributed by atoms with Gasteiger partial charge < -0.3 is 23.7 Å². The summed E-state index contributed by atoms with van der Waals surface area (Å²) < 4.78 is 27.1. The molecule has 0 aliphatic heterocycles. The number of rotatable bonds is 10. The molecule has 1 unspecified atom stereocenters. The molecule has 23 heavy (non-hydrogen) atoms. The summed E-state index contributed by atoms with van der Waals surface area (Å²) in [4.78, 5) is 0. The first-order chi connectivity index (χ1) is 11.1. The lowest BCUT2D eigenvalue weighted by Crippen LogP contribution is -2.28. The lowest BCUT2D eigenvalue weighted by Gasteiger charge is -2.22. The number of nitrogens with zero attached hydrogens (tertiary/aromatic N) is 1. The smallest absolute Gasteiger partial charge is 0.203 e. The Bertz CT molecular complexity index is 495. The fourth-order valence-electron chi connectivity index (χ4n) is 2.32. The molecular formula is C17H25NO5. The number of hydrogen-bond donors (Lipinski definition) is 0. The zero-order chi connectivity index (χ0) is 17.2. The maximum atomic E-state index is 9.47. The van der Waals surface area contributed by atoms with Gasteiger partial charge in [-0.2, -0.15) is 5.26 Å². The second kappa shape index (κ2) is 9.93. The van der Waals surface area contributed by atoms with Crippen LogP contribution in [0.1, 0.15) is 19.4 Å². The van der Waals surface area contributed by atoms with Crippen LogP contribution < -0.4 is 14.2 Å². The van der Waals surface area contributed by atoms with E-state index in [-0.39, 0.29) is 0 Å². The van der Waals surface area contributed by atoms with Crippen molar-refractivity contribution in [2.45, 2.75) is 26.6 Å². The van der Waals surface area contributed by atoms with E-state index < -0.39 is 12.2 Å². The third-order valence-electron chi connectivity index (χ3n) is 3.34. The van der Waals surface area contributed by atoms with Crippen molar-refractivity contribution in [3.63, 3.8) is 0 Å². The third-order valence-corrected chi connectivity index (χ3v) is 3.34. The van der Waals surface area contributed by atoms with Gasteiger partial charge in [0.15, 0.2) is 17.8 Å². The van der Waals surface area contributed by atoms with Crippen LogP contribution in [0.25, 0.3) is 0 Å². The largest absolute Gasteiger partial charge is 0.493 e. The monoisotopic (exact) mass is 323 g/mol. The van der Waals surface area contributed by atoms with Crippen LogP contribution in [0.5, 0.6) is 17.2 Å². The van der Waals surface area contributed by atoms with Crippen LogP contribution in [-0.4, -0.2) is 40.8 Å². The van der Waals surface area contributed by atoms with E-state index in [2.05, 4.69) is 6.07 Å². The fourth-order valence-corrected chi connectivity index (χ4v) is 2.32. The first-order valence-electron chi connectivity index (χ1n) is 7.56. The summed E-state index contributed by atoms with van der Waals surface area (Å²) in [5.41, 5.74) is 0.885. The lowest BCUT2D eigenvalue weighted by molar-refractivity contribution is -0.155. The Morgan fingerprint density at radius 1 is 0.957 bits per heavy atom. The molecule has 6 heteroatoms. The summed E-state index contributed by atoms with van der Waals surface area (Å²) in [6, 6.07) is 5.93. The minimum absolute atomic E-state index is 0.433. The molecule has 0 aliphatic rings. The number of methoxy groups -OCH3 is 3. The van der Waals surface area contributed by atoms with Gasteiger partial charge in [-0.25, -0.2) is 0 Å². The highest BCUT2D eigenvalue weighted by molar-refractivity contribution is 5.54. The normalized spacial score (nSPS) is 11.9. The SMILES string of the molecule is CCOC(OCC)C(C#N)Cc1cc(OC)c(OC)c(OC)c1. The first kappa shape index (κ1) is 19.1. The average molecular weight is 323 g/mol. The molecule has 1 rings (SSSR count). The van der Waals surface area contributed by atoms with Gasteiger partial charge in [-0.05, 0) is 38.0 Å². The zero-order valence-electron chi connectivity index (χ0n) is 14.4. The summed E-state index contributed by atoms with van der Waals surface area (Å²) in [6.07, 6.45) is -0.105. The molecule has 1 atom stereocenters. The van der Waals surface area contributed by atoms with Crippen LogP contribution in [0.4, 0.5) is 0 Å². The molecule has 0 bridgehead atoms. The van der Waals surface area contributed by atoms with E-state index >= 15 is 0 Å². The molecule has 0 saturated heterocycles. The van der Waals surface area contributed by atoms with E-state index in [0.717, 1.165) is 5.56 Å². The molecule has 1 aromatic rings. The van der Waals surface area contributed by atoms with Crippen LogP contribution in [-0.2, 0) is 15.9 Å². The van der Waals surface area contributed by atoms with E-state index in [1.165, 1.54) is 0 Å². The van der Waals surface area contributed by atoms with E-state index in [1.54, 1.807) is 21.3 Å². The Morgan fingerprint density at radius 2 is 1.48 bits per heavy atom. The quantitative estimate of drug-likeness (QED) is 0.617. The van der Waals surface area contributed by atoms with Crippen molar-refractivity contribution in [1.29, 1.82) is 5.26 Å².